The van der Waals surface area contributed by atoms with Crippen LogP contribution in [0.5, 0.6) is 5.75 Å². The highest BCUT2D eigenvalue weighted by molar-refractivity contribution is 6.30. The summed E-state index contributed by atoms with van der Waals surface area (Å²) in [4.78, 5) is 11.1. The van der Waals surface area contributed by atoms with Gasteiger partial charge in [0.25, 0.3) is 0 Å². The number of esters is 1. The van der Waals surface area contributed by atoms with Crippen molar-refractivity contribution in [1.29, 1.82) is 0 Å². The van der Waals surface area contributed by atoms with Gasteiger partial charge in [0.1, 0.15) is 5.75 Å². The summed E-state index contributed by atoms with van der Waals surface area (Å²) in [6.45, 7) is 2.43. The Labute approximate surface area is 158 Å². The van der Waals surface area contributed by atoms with Gasteiger partial charge in [0, 0.05) is 17.6 Å². The van der Waals surface area contributed by atoms with Crippen molar-refractivity contribution >= 4 is 17.6 Å². The molecule has 0 aliphatic rings. The van der Waals surface area contributed by atoms with Gasteiger partial charge in [0.15, 0.2) is 6.61 Å². The smallest absolute Gasteiger partial charge is 0.343 e. The normalized spacial score (nSPS) is 13.1. The van der Waals surface area contributed by atoms with E-state index in [0.29, 0.717) is 17.3 Å². The van der Waals surface area contributed by atoms with E-state index >= 15 is 0 Å². The number of carbonyl (C=O) groups is 1. The van der Waals surface area contributed by atoms with Crippen molar-refractivity contribution in [1.82, 2.24) is 5.32 Å². The Bertz CT molecular complexity index is 688. The Kier molecular flexibility index (Phi) is 7.91. The SMILES string of the molecule is COC(=O)COc1ccc(CC(C)NCC(O)c2ccc(Cl)cc2)cc1. The van der Waals surface area contributed by atoms with Gasteiger partial charge in [-0.15, -0.1) is 0 Å². The van der Waals surface area contributed by atoms with Crippen LogP contribution in [0.1, 0.15) is 24.2 Å². The van der Waals surface area contributed by atoms with Crippen LogP contribution >= 0.6 is 11.6 Å². The van der Waals surface area contributed by atoms with Gasteiger partial charge in [-0.2, -0.15) is 0 Å². The maximum Gasteiger partial charge on any atom is 0.343 e. The van der Waals surface area contributed by atoms with Crippen molar-refractivity contribution in [3.63, 3.8) is 0 Å². The molecule has 0 aromatic heterocycles. The van der Waals surface area contributed by atoms with E-state index in [0.717, 1.165) is 17.5 Å². The number of carbonyl (C=O) groups excluding carboxylic acids is 1. The number of hydrogen-bond donors (Lipinski definition) is 2. The van der Waals surface area contributed by atoms with Crippen LogP contribution in [0.2, 0.25) is 5.02 Å². The van der Waals surface area contributed by atoms with E-state index in [1.54, 1.807) is 12.1 Å². The van der Waals surface area contributed by atoms with Gasteiger partial charge in [0.2, 0.25) is 0 Å². The molecule has 0 fully saturated rings. The van der Waals surface area contributed by atoms with Crippen LogP contribution in [-0.4, -0.2) is 37.4 Å². The van der Waals surface area contributed by atoms with Crippen molar-refractivity contribution in [3.8, 4) is 5.75 Å². The molecule has 0 radical (unpaired) electrons. The minimum absolute atomic E-state index is 0.101. The minimum atomic E-state index is -0.580. The number of ether oxygens (including phenoxy) is 2. The quantitative estimate of drug-likeness (QED) is 0.657. The summed E-state index contributed by atoms with van der Waals surface area (Å²) in [7, 11) is 1.33. The third-order valence-electron chi connectivity index (χ3n) is 3.96. The predicted octanol–water partition coefficient (Wildman–Crippen LogP) is 3.15. The third-order valence-corrected chi connectivity index (χ3v) is 4.22. The van der Waals surface area contributed by atoms with E-state index in [4.69, 9.17) is 16.3 Å². The molecule has 5 nitrogen and oxygen atoms in total. The van der Waals surface area contributed by atoms with E-state index in [-0.39, 0.29) is 12.6 Å². The molecule has 0 saturated heterocycles. The lowest BCUT2D eigenvalue weighted by Crippen LogP contribution is -2.32. The predicted molar refractivity (Wildman–Crippen MR) is 102 cm³/mol. The molecule has 0 aliphatic heterocycles. The summed E-state index contributed by atoms with van der Waals surface area (Å²) in [5.74, 6) is 0.212. The monoisotopic (exact) mass is 377 g/mol. The summed E-state index contributed by atoms with van der Waals surface area (Å²) in [6.07, 6.45) is 0.230. The highest BCUT2D eigenvalue weighted by atomic mass is 35.5. The zero-order valence-corrected chi connectivity index (χ0v) is 15.7. The second-order valence-corrected chi connectivity index (χ2v) is 6.53. The molecular formula is C20H24ClNO4. The molecule has 2 unspecified atom stereocenters. The molecule has 26 heavy (non-hydrogen) atoms. The largest absolute Gasteiger partial charge is 0.482 e. The van der Waals surface area contributed by atoms with Gasteiger partial charge in [-0.3, -0.25) is 0 Å². The van der Waals surface area contributed by atoms with Crippen molar-refractivity contribution in [3.05, 3.63) is 64.7 Å². The second kappa shape index (κ2) is 10.2. The summed E-state index contributed by atoms with van der Waals surface area (Å²) >= 11 is 5.86. The topological polar surface area (TPSA) is 67.8 Å². The van der Waals surface area contributed by atoms with E-state index < -0.39 is 12.1 Å². The van der Waals surface area contributed by atoms with Crippen LogP contribution in [0, 0.1) is 0 Å². The Hall–Kier alpha value is -2.08. The zero-order valence-electron chi connectivity index (χ0n) is 14.9. The standard InChI is InChI=1S/C20H24ClNO4/c1-14(22-12-19(23)16-5-7-17(21)8-6-16)11-15-3-9-18(10-4-15)26-13-20(24)25-2/h3-10,14,19,22-23H,11-13H2,1-2H3. The average Bonchev–Trinajstić information content (AvgIpc) is 2.65. The molecule has 2 rings (SSSR count). The molecule has 0 aliphatic carbocycles. The number of benzene rings is 2. The Morgan fingerprint density at radius 1 is 1.15 bits per heavy atom. The summed E-state index contributed by atoms with van der Waals surface area (Å²) in [6, 6.07) is 15.0. The van der Waals surface area contributed by atoms with Crippen molar-refractivity contribution in [2.24, 2.45) is 0 Å². The van der Waals surface area contributed by atoms with Gasteiger partial charge in [-0.25, -0.2) is 4.79 Å². The molecule has 0 bridgehead atoms. The van der Waals surface area contributed by atoms with Crippen molar-refractivity contribution in [2.75, 3.05) is 20.3 Å². The summed E-state index contributed by atoms with van der Waals surface area (Å²) < 4.78 is 9.86. The zero-order chi connectivity index (χ0) is 18.9. The lowest BCUT2D eigenvalue weighted by molar-refractivity contribution is -0.142. The Morgan fingerprint density at radius 3 is 2.42 bits per heavy atom. The molecule has 2 N–H and O–H groups in total. The van der Waals surface area contributed by atoms with Gasteiger partial charge in [-0.1, -0.05) is 35.9 Å². The number of aliphatic hydroxyl groups excluding tert-OH is 1. The maximum absolute atomic E-state index is 11.1. The number of methoxy groups -OCH3 is 1. The fraction of sp³-hybridized carbons (Fsp3) is 0.350. The van der Waals surface area contributed by atoms with Crippen LogP contribution in [0.4, 0.5) is 0 Å². The second-order valence-electron chi connectivity index (χ2n) is 6.09. The average molecular weight is 378 g/mol. The van der Waals surface area contributed by atoms with Crippen LogP contribution in [0.3, 0.4) is 0 Å². The van der Waals surface area contributed by atoms with E-state index in [1.807, 2.05) is 36.4 Å². The van der Waals surface area contributed by atoms with E-state index in [9.17, 15) is 9.90 Å². The van der Waals surface area contributed by atoms with E-state index in [1.165, 1.54) is 7.11 Å². The lowest BCUT2D eigenvalue weighted by Gasteiger charge is -2.18. The lowest BCUT2D eigenvalue weighted by atomic mass is 10.1. The Morgan fingerprint density at radius 2 is 1.81 bits per heavy atom. The van der Waals surface area contributed by atoms with Gasteiger partial charge in [-0.05, 0) is 48.7 Å². The molecule has 2 aromatic rings. The van der Waals surface area contributed by atoms with Crippen LogP contribution in [-0.2, 0) is 16.0 Å². The number of hydrogen-bond acceptors (Lipinski definition) is 5. The molecule has 0 amide bonds. The summed E-state index contributed by atoms with van der Waals surface area (Å²) in [5.41, 5.74) is 1.97. The summed E-state index contributed by atoms with van der Waals surface area (Å²) in [5, 5.41) is 14.2. The fourth-order valence-corrected chi connectivity index (χ4v) is 2.59. The minimum Gasteiger partial charge on any atom is -0.482 e. The third kappa shape index (κ3) is 6.67. The van der Waals surface area contributed by atoms with Gasteiger partial charge >= 0.3 is 5.97 Å². The molecule has 140 valence electrons. The molecular weight excluding hydrogens is 354 g/mol. The maximum atomic E-state index is 11.1. The number of halogens is 1. The molecule has 0 heterocycles. The Balaban J connectivity index is 1.77. The van der Waals surface area contributed by atoms with Gasteiger partial charge in [0.05, 0.1) is 13.2 Å². The highest BCUT2D eigenvalue weighted by Gasteiger charge is 2.10. The molecule has 6 heteroatoms. The molecule has 2 atom stereocenters. The number of aliphatic hydroxyl groups is 1. The first kappa shape index (κ1) is 20.2. The van der Waals surface area contributed by atoms with Crippen LogP contribution < -0.4 is 10.1 Å². The fourth-order valence-electron chi connectivity index (χ4n) is 2.46. The first-order valence-electron chi connectivity index (χ1n) is 8.43. The van der Waals surface area contributed by atoms with Gasteiger partial charge < -0.3 is 19.9 Å². The number of rotatable bonds is 9. The molecule has 0 saturated carbocycles. The highest BCUT2D eigenvalue weighted by Crippen LogP contribution is 2.17. The first-order valence-corrected chi connectivity index (χ1v) is 8.81. The van der Waals surface area contributed by atoms with E-state index in [2.05, 4.69) is 17.0 Å². The number of nitrogens with one attached hydrogen (secondary N) is 1. The van der Waals surface area contributed by atoms with Crippen molar-refractivity contribution < 1.29 is 19.4 Å². The van der Waals surface area contributed by atoms with Crippen LogP contribution in [0.15, 0.2) is 48.5 Å². The van der Waals surface area contributed by atoms with Crippen LogP contribution in [0.25, 0.3) is 0 Å². The first-order chi connectivity index (χ1) is 12.5. The molecule has 2 aromatic carbocycles. The van der Waals surface area contributed by atoms with Crippen molar-refractivity contribution in [2.45, 2.75) is 25.5 Å². The molecule has 0 spiro atoms.